The molecule has 2 rings (SSSR count). The lowest BCUT2D eigenvalue weighted by Crippen LogP contribution is -2.14. The molecule has 1 aromatic heterocycles. The van der Waals surface area contributed by atoms with Crippen molar-refractivity contribution in [3.05, 3.63) is 41.8 Å². The van der Waals surface area contributed by atoms with Crippen LogP contribution in [-0.4, -0.2) is 28.5 Å². The highest BCUT2D eigenvalue weighted by Crippen LogP contribution is 2.23. The SMILES string of the molecule is COC(=O)[C@H](C)Sc1nnc(Cc2ccccc2)o1. The molecule has 0 N–H and O–H groups in total. The van der Waals surface area contributed by atoms with Crippen LogP contribution < -0.4 is 0 Å². The average Bonchev–Trinajstić information content (AvgIpc) is 2.86. The van der Waals surface area contributed by atoms with E-state index in [1.807, 2.05) is 30.3 Å². The van der Waals surface area contributed by atoms with Gasteiger partial charge in [0.2, 0.25) is 5.89 Å². The van der Waals surface area contributed by atoms with E-state index < -0.39 is 0 Å². The van der Waals surface area contributed by atoms with Crippen molar-refractivity contribution in [2.75, 3.05) is 7.11 Å². The van der Waals surface area contributed by atoms with Gasteiger partial charge in [-0.3, -0.25) is 4.79 Å². The van der Waals surface area contributed by atoms with Crippen LogP contribution in [0.2, 0.25) is 0 Å². The zero-order valence-electron chi connectivity index (χ0n) is 10.7. The topological polar surface area (TPSA) is 65.2 Å². The summed E-state index contributed by atoms with van der Waals surface area (Å²) in [6.45, 7) is 1.73. The second-order valence-corrected chi connectivity index (χ2v) is 5.20. The maximum Gasteiger partial charge on any atom is 0.319 e. The standard InChI is InChI=1S/C13H14N2O3S/c1-9(12(16)17-2)19-13-15-14-11(18-13)8-10-6-4-3-5-7-10/h3-7,9H,8H2,1-2H3/t9-/m0/s1. The number of benzene rings is 1. The molecule has 0 saturated carbocycles. The predicted molar refractivity (Wildman–Crippen MR) is 70.9 cm³/mol. The van der Waals surface area contributed by atoms with Gasteiger partial charge in [-0.05, 0) is 12.5 Å². The van der Waals surface area contributed by atoms with Gasteiger partial charge >= 0.3 is 5.97 Å². The molecule has 5 nitrogen and oxygen atoms in total. The lowest BCUT2D eigenvalue weighted by molar-refractivity contribution is -0.139. The summed E-state index contributed by atoms with van der Waals surface area (Å²) >= 11 is 1.19. The van der Waals surface area contributed by atoms with Gasteiger partial charge in [0.1, 0.15) is 5.25 Å². The van der Waals surface area contributed by atoms with Crippen molar-refractivity contribution in [3.63, 3.8) is 0 Å². The van der Waals surface area contributed by atoms with Gasteiger partial charge in [-0.25, -0.2) is 0 Å². The summed E-state index contributed by atoms with van der Waals surface area (Å²) in [7, 11) is 1.36. The van der Waals surface area contributed by atoms with E-state index in [1.54, 1.807) is 6.92 Å². The molecule has 1 atom stereocenters. The van der Waals surface area contributed by atoms with Gasteiger partial charge in [-0.15, -0.1) is 10.2 Å². The van der Waals surface area contributed by atoms with Gasteiger partial charge in [0.25, 0.3) is 5.22 Å². The number of hydrogen-bond donors (Lipinski definition) is 0. The van der Waals surface area contributed by atoms with Crippen LogP contribution in [0.1, 0.15) is 18.4 Å². The maximum atomic E-state index is 11.3. The third-order valence-corrected chi connectivity index (χ3v) is 3.37. The van der Waals surface area contributed by atoms with E-state index in [2.05, 4.69) is 14.9 Å². The van der Waals surface area contributed by atoms with E-state index >= 15 is 0 Å². The smallest absolute Gasteiger partial charge is 0.319 e. The molecule has 1 heterocycles. The third-order valence-electron chi connectivity index (χ3n) is 2.46. The fourth-order valence-corrected chi connectivity index (χ4v) is 2.22. The highest BCUT2D eigenvalue weighted by atomic mass is 32.2. The molecule has 0 radical (unpaired) electrons. The molecule has 0 bridgehead atoms. The Morgan fingerprint density at radius 2 is 2.11 bits per heavy atom. The molecular weight excluding hydrogens is 264 g/mol. The summed E-state index contributed by atoms with van der Waals surface area (Å²) in [4.78, 5) is 11.3. The number of ether oxygens (including phenoxy) is 1. The molecule has 0 aliphatic carbocycles. The highest BCUT2D eigenvalue weighted by Gasteiger charge is 2.18. The Kier molecular flexibility index (Phi) is 4.57. The van der Waals surface area contributed by atoms with Crippen LogP contribution in [0.5, 0.6) is 0 Å². The number of aromatic nitrogens is 2. The number of rotatable bonds is 5. The Hall–Kier alpha value is -1.82. The van der Waals surface area contributed by atoms with E-state index in [0.717, 1.165) is 5.56 Å². The van der Waals surface area contributed by atoms with Crippen molar-refractivity contribution in [3.8, 4) is 0 Å². The summed E-state index contributed by atoms with van der Waals surface area (Å²) in [6, 6.07) is 9.86. The quantitative estimate of drug-likeness (QED) is 0.617. The van der Waals surface area contributed by atoms with Gasteiger partial charge in [0, 0.05) is 0 Å². The van der Waals surface area contributed by atoms with Gasteiger partial charge in [0.15, 0.2) is 0 Å². The van der Waals surface area contributed by atoms with Crippen LogP contribution in [0.3, 0.4) is 0 Å². The Labute approximate surface area is 115 Å². The number of nitrogens with zero attached hydrogens (tertiary/aromatic N) is 2. The van der Waals surface area contributed by atoms with Crippen molar-refractivity contribution in [2.24, 2.45) is 0 Å². The summed E-state index contributed by atoms with van der Waals surface area (Å²) in [6.07, 6.45) is 0.584. The fourth-order valence-electron chi connectivity index (χ4n) is 1.49. The second kappa shape index (κ2) is 6.38. The third kappa shape index (κ3) is 3.82. The number of esters is 1. The fraction of sp³-hybridized carbons (Fsp3) is 0.308. The summed E-state index contributed by atoms with van der Waals surface area (Å²) < 4.78 is 10.1. The number of hydrogen-bond acceptors (Lipinski definition) is 6. The van der Waals surface area contributed by atoms with E-state index in [1.165, 1.54) is 18.9 Å². The van der Waals surface area contributed by atoms with Gasteiger partial charge in [-0.1, -0.05) is 42.1 Å². The number of methoxy groups -OCH3 is 1. The van der Waals surface area contributed by atoms with Crippen molar-refractivity contribution < 1.29 is 13.9 Å². The monoisotopic (exact) mass is 278 g/mol. The second-order valence-electron chi connectivity index (χ2n) is 3.91. The van der Waals surface area contributed by atoms with Crippen LogP contribution in [0, 0.1) is 0 Å². The largest absolute Gasteiger partial charge is 0.468 e. The number of thioether (sulfide) groups is 1. The molecule has 0 unspecified atom stereocenters. The van der Waals surface area contributed by atoms with Crippen molar-refractivity contribution in [1.82, 2.24) is 10.2 Å². The first-order valence-electron chi connectivity index (χ1n) is 5.80. The van der Waals surface area contributed by atoms with Crippen LogP contribution >= 0.6 is 11.8 Å². The Morgan fingerprint density at radius 1 is 1.37 bits per heavy atom. The summed E-state index contributed by atoms with van der Waals surface area (Å²) in [5.74, 6) is 0.221. The molecule has 0 fully saturated rings. The molecule has 6 heteroatoms. The van der Waals surface area contributed by atoms with Crippen LogP contribution in [-0.2, 0) is 16.0 Å². The molecule has 0 aliphatic rings. The minimum atomic E-state index is -0.366. The Balaban J connectivity index is 1.98. The molecule has 0 saturated heterocycles. The molecule has 100 valence electrons. The molecule has 0 amide bonds. The zero-order valence-corrected chi connectivity index (χ0v) is 11.5. The van der Waals surface area contributed by atoms with E-state index in [9.17, 15) is 4.79 Å². The average molecular weight is 278 g/mol. The highest BCUT2D eigenvalue weighted by molar-refractivity contribution is 8.00. The maximum absolute atomic E-state index is 11.3. The molecule has 1 aromatic carbocycles. The zero-order chi connectivity index (χ0) is 13.7. The normalized spacial score (nSPS) is 12.1. The van der Waals surface area contributed by atoms with Gasteiger partial charge in [0.05, 0.1) is 13.5 Å². The lowest BCUT2D eigenvalue weighted by Gasteiger charge is -2.04. The molecule has 0 spiro atoms. The van der Waals surface area contributed by atoms with Crippen LogP contribution in [0.15, 0.2) is 40.0 Å². The van der Waals surface area contributed by atoms with Crippen molar-refractivity contribution >= 4 is 17.7 Å². The van der Waals surface area contributed by atoms with E-state index in [-0.39, 0.29) is 11.2 Å². The molecular formula is C13H14N2O3S. The first-order chi connectivity index (χ1) is 9.19. The summed E-state index contributed by atoms with van der Waals surface area (Å²) in [5.41, 5.74) is 1.10. The van der Waals surface area contributed by atoms with Crippen LogP contribution in [0.4, 0.5) is 0 Å². The van der Waals surface area contributed by atoms with E-state index in [4.69, 9.17) is 4.42 Å². The molecule has 0 aliphatic heterocycles. The minimum Gasteiger partial charge on any atom is -0.468 e. The first-order valence-corrected chi connectivity index (χ1v) is 6.68. The molecule has 2 aromatic rings. The number of carbonyl (C=O) groups is 1. The van der Waals surface area contributed by atoms with Crippen LogP contribution in [0.25, 0.3) is 0 Å². The van der Waals surface area contributed by atoms with Crippen molar-refractivity contribution in [2.45, 2.75) is 23.8 Å². The Bertz CT molecular complexity index is 542. The van der Waals surface area contributed by atoms with Gasteiger partial charge < -0.3 is 9.15 Å². The number of carbonyl (C=O) groups excluding carboxylic acids is 1. The Morgan fingerprint density at radius 3 is 2.79 bits per heavy atom. The predicted octanol–water partition coefficient (Wildman–Crippen LogP) is 2.31. The molecule has 19 heavy (non-hydrogen) atoms. The first kappa shape index (κ1) is 13.6. The minimum absolute atomic E-state index is 0.312. The summed E-state index contributed by atoms with van der Waals surface area (Å²) in [5, 5.41) is 7.88. The van der Waals surface area contributed by atoms with Crippen molar-refractivity contribution in [1.29, 1.82) is 0 Å². The van der Waals surface area contributed by atoms with E-state index in [0.29, 0.717) is 17.5 Å². The van der Waals surface area contributed by atoms with Gasteiger partial charge in [-0.2, -0.15) is 0 Å². The lowest BCUT2D eigenvalue weighted by atomic mass is 10.2.